The summed E-state index contributed by atoms with van der Waals surface area (Å²) in [7, 11) is 1.53. The zero-order valence-electron chi connectivity index (χ0n) is 22.8. The molecule has 2 aliphatic heterocycles. The lowest BCUT2D eigenvalue weighted by molar-refractivity contribution is -0.128. The molecule has 3 amide bonds. The minimum absolute atomic E-state index is 0.0573. The summed E-state index contributed by atoms with van der Waals surface area (Å²) in [4.78, 5) is 51.4. The van der Waals surface area contributed by atoms with Crippen LogP contribution >= 0.6 is 23.1 Å². The van der Waals surface area contributed by atoms with Crippen LogP contribution < -0.4 is 10.1 Å². The molecule has 13 heteroatoms. The molecule has 11 nitrogen and oxygen atoms in total. The number of methoxy groups -OCH3 is 1. The number of nitrogens with zero attached hydrogens (tertiary/aromatic N) is 4. The van der Waals surface area contributed by atoms with Crippen LogP contribution in [0.5, 0.6) is 11.5 Å². The van der Waals surface area contributed by atoms with Crippen LogP contribution in [0.15, 0.2) is 52.4 Å². The predicted octanol–water partition coefficient (Wildman–Crippen LogP) is 2.75. The van der Waals surface area contributed by atoms with E-state index in [-0.39, 0.29) is 49.8 Å². The van der Waals surface area contributed by atoms with Crippen LogP contribution in [0.1, 0.15) is 21.6 Å². The van der Waals surface area contributed by atoms with Crippen LogP contribution in [0.2, 0.25) is 0 Å². The highest BCUT2D eigenvalue weighted by Gasteiger charge is 2.37. The molecule has 216 valence electrons. The lowest BCUT2D eigenvalue weighted by Gasteiger charge is -2.25. The van der Waals surface area contributed by atoms with Crippen LogP contribution in [0.3, 0.4) is 0 Å². The van der Waals surface area contributed by atoms with Crippen LogP contribution in [-0.2, 0) is 25.7 Å². The third-order valence-electron chi connectivity index (χ3n) is 6.63. The number of amides is 3. The number of thioether (sulfide) groups is 1. The predicted molar refractivity (Wildman–Crippen MR) is 153 cm³/mol. The number of likely N-dealkylation sites (tertiary alicyclic amines) is 1. The molecule has 3 aromatic rings. The van der Waals surface area contributed by atoms with Crippen molar-refractivity contribution in [3.05, 3.63) is 64.9 Å². The Morgan fingerprint density at radius 2 is 2.10 bits per heavy atom. The first-order valence-corrected chi connectivity index (χ1v) is 15.0. The smallest absolute Gasteiger partial charge is 0.256 e. The fourth-order valence-electron chi connectivity index (χ4n) is 4.59. The second-order valence-electron chi connectivity index (χ2n) is 9.74. The number of carbonyl (C=O) groups is 3. The molecule has 0 radical (unpaired) electrons. The van der Waals surface area contributed by atoms with E-state index in [1.165, 1.54) is 47.5 Å². The van der Waals surface area contributed by atoms with Crippen molar-refractivity contribution in [3.8, 4) is 11.5 Å². The monoisotopic (exact) mass is 597 g/mol. The van der Waals surface area contributed by atoms with Gasteiger partial charge < -0.3 is 29.3 Å². The van der Waals surface area contributed by atoms with Crippen molar-refractivity contribution >= 4 is 40.8 Å². The van der Waals surface area contributed by atoms with Crippen LogP contribution in [0.25, 0.3) is 0 Å². The molecule has 2 aliphatic rings. The molecule has 4 bridgehead atoms. The van der Waals surface area contributed by atoms with Crippen molar-refractivity contribution in [1.29, 1.82) is 0 Å². The first kappa shape index (κ1) is 29.0. The second-order valence-corrected chi connectivity index (χ2v) is 11.8. The molecule has 1 fully saturated rings. The number of rotatable bonds is 6. The largest absolute Gasteiger partial charge is 0.456 e. The van der Waals surface area contributed by atoms with Gasteiger partial charge in [-0.2, -0.15) is 0 Å². The molecule has 41 heavy (non-hydrogen) atoms. The van der Waals surface area contributed by atoms with E-state index in [1.807, 2.05) is 36.6 Å². The standard InChI is InChI=1S/C28H31N5O6S2/c1-18-16-40-28(30-18)41-17-26(35)33-12-23-24(13-33)38-15-19-4-3-5-21(8-19)39-22-9-20(10-29-11-22)27(36)32(6-7-37-2)14-25(34)31-23/h3-5,8-11,16,23-24H,6-7,12-15,17H2,1-2H3,(H,31,34)/t23-,24-/m0/s1. The average Bonchev–Trinajstić information content (AvgIpc) is 3.57. The summed E-state index contributed by atoms with van der Waals surface area (Å²) in [6.07, 6.45) is 2.53. The zero-order valence-corrected chi connectivity index (χ0v) is 24.4. The minimum Gasteiger partial charge on any atom is -0.456 e. The van der Waals surface area contributed by atoms with Crippen molar-refractivity contribution < 1.29 is 28.6 Å². The van der Waals surface area contributed by atoms with Crippen molar-refractivity contribution in [1.82, 2.24) is 25.1 Å². The first-order valence-electron chi connectivity index (χ1n) is 13.1. The van der Waals surface area contributed by atoms with E-state index in [0.717, 1.165) is 15.6 Å². The molecular formula is C28H31N5O6S2. The number of aryl methyl sites for hydroxylation is 1. The molecule has 1 N–H and O–H groups in total. The third-order valence-corrected chi connectivity index (χ3v) is 8.75. The van der Waals surface area contributed by atoms with E-state index in [2.05, 4.69) is 15.3 Å². The number of hydrogen-bond donors (Lipinski definition) is 1. The Morgan fingerprint density at radius 1 is 1.22 bits per heavy atom. The van der Waals surface area contributed by atoms with Crippen molar-refractivity contribution in [2.24, 2.45) is 0 Å². The second kappa shape index (κ2) is 13.4. The molecular weight excluding hydrogens is 566 g/mol. The highest BCUT2D eigenvalue weighted by atomic mass is 32.2. The lowest BCUT2D eigenvalue weighted by Crippen LogP contribution is -2.49. The Balaban J connectivity index is 1.36. The van der Waals surface area contributed by atoms with Gasteiger partial charge in [0.2, 0.25) is 11.8 Å². The van der Waals surface area contributed by atoms with E-state index in [0.29, 0.717) is 30.2 Å². The van der Waals surface area contributed by atoms with Gasteiger partial charge in [0.15, 0.2) is 4.34 Å². The molecule has 4 heterocycles. The molecule has 2 atom stereocenters. The van der Waals surface area contributed by atoms with E-state index < -0.39 is 12.1 Å². The topological polar surface area (TPSA) is 123 Å². The van der Waals surface area contributed by atoms with E-state index in [9.17, 15) is 14.4 Å². The Bertz CT molecular complexity index is 1400. The highest BCUT2D eigenvalue weighted by molar-refractivity contribution is 8.01. The van der Waals surface area contributed by atoms with Crippen LogP contribution in [0, 0.1) is 6.92 Å². The van der Waals surface area contributed by atoms with Gasteiger partial charge in [0.25, 0.3) is 5.91 Å². The fraction of sp³-hybridized carbons (Fsp3) is 0.393. The van der Waals surface area contributed by atoms with Gasteiger partial charge in [-0.1, -0.05) is 23.9 Å². The maximum atomic E-state index is 13.4. The Kier molecular flexibility index (Phi) is 9.49. The minimum atomic E-state index is -0.449. The van der Waals surface area contributed by atoms with E-state index >= 15 is 0 Å². The SMILES string of the molecule is COCCN1CC(=O)N[C@H]2CN(C(=O)CSc3nc(C)cs3)C[C@@H]2OCc2cccc(c2)Oc2cncc(c2)C1=O. The number of ether oxygens (including phenoxy) is 3. The van der Waals surface area contributed by atoms with E-state index in [4.69, 9.17) is 14.2 Å². The zero-order chi connectivity index (χ0) is 28.8. The molecule has 0 spiro atoms. The summed E-state index contributed by atoms with van der Waals surface area (Å²) < 4.78 is 18.3. The van der Waals surface area contributed by atoms with Crippen molar-refractivity contribution in [3.63, 3.8) is 0 Å². The number of aromatic nitrogens is 2. The number of fused-ring (bicyclic) bond motifs is 5. The summed E-state index contributed by atoms with van der Waals surface area (Å²) in [5, 5.41) is 4.96. The Labute approximate surface area is 246 Å². The maximum Gasteiger partial charge on any atom is 0.256 e. The quantitative estimate of drug-likeness (QED) is 0.427. The first-order chi connectivity index (χ1) is 19.9. The average molecular weight is 598 g/mol. The normalized spacial score (nSPS) is 19.5. The number of pyridine rings is 1. The van der Waals surface area contributed by atoms with Crippen molar-refractivity contribution in [2.75, 3.05) is 45.6 Å². The Morgan fingerprint density at radius 3 is 2.90 bits per heavy atom. The molecule has 0 saturated carbocycles. The summed E-state index contributed by atoms with van der Waals surface area (Å²) in [5.41, 5.74) is 2.08. The molecule has 5 rings (SSSR count). The molecule has 1 saturated heterocycles. The number of benzene rings is 1. The summed E-state index contributed by atoms with van der Waals surface area (Å²) >= 11 is 2.91. The van der Waals surface area contributed by atoms with Gasteiger partial charge in [0.05, 0.1) is 49.4 Å². The number of thiazole rings is 1. The molecule has 2 aromatic heterocycles. The number of carbonyl (C=O) groups excluding carboxylic acids is 3. The summed E-state index contributed by atoms with van der Waals surface area (Å²) in [6, 6.07) is 8.59. The number of hydrogen-bond acceptors (Lipinski definition) is 10. The summed E-state index contributed by atoms with van der Waals surface area (Å²) in [5.74, 6) is 0.423. The fourth-order valence-corrected chi connectivity index (χ4v) is 6.34. The molecule has 0 unspecified atom stereocenters. The van der Waals surface area contributed by atoms with Gasteiger partial charge in [0, 0.05) is 44.0 Å². The Hall–Kier alpha value is -3.52. The van der Waals surface area contributed by atoms with Crippen LogP contribution in [0.4, 0.5) is 0 Å². The van der Waals surface area contributed by atoms with Gasteiger partial charge in [-0.05, 0) is 30.7 Å². The lowest BCUT2D eigenvalue weighted by atomic mass is 10.2. The highest BCUT2D eigenvalue weighted by Crippen LogP contribution is 2.26. The van der Waals surface area contributed by atoms with Gasteiger partial charge in [-0.3, -0.25) is 19.4 Å². The van der Waals surface area contributed by atoms with Gasteiger partial charge in [-0.25, -0.2) is 4.98 Å². The van der Waals surface area contributed by atoms with Gasteiger partial charge in [-0.15, -0.1) is 11.3 Å². The summed E-state index contributed by atoms with van der Waals surface area (Å²) in [6.45, 7) is 3.08. The molecule has 1 aromatic carbocycles. The number of nitrogens with one attached hydrogen (secondary N) is 1. The molecule has 0 aliphatic carbocycles. The van der Waals surface area contributed by atoms with Crippen LogP contribution in [-0.4, -0.2) is 95.3 Å². The maximum absolute atomic E-state index is 13.4. The van der Waals surface area contributed by atoms with Gasteiger partial charge in [0.1, 0.15) is 11.5 Å². The van der Waals surface area contributed by atoms with Crippen molar-refractivity contribution in [2.45, 2.75) is 30.0 Å². The third kappa shape index (κ3) is 7.61. The van der Waals surface area contributed by atoms with Gasteiger partial charge >= 0.3 is 0 Å². The van der Waals surface area contributed by atoms with E-state index in [1.54, 1.807) is 11.0 Å².